The highest BCUT2D eigenvalue weighted by molar-refractivity contribution is 6.30. The maximum Gasteiger partial charge on any atom is 0.312 e. The second-order valence-corrected chi connectivity index (χ2v) is 5.06. The van der Waals surface area contributed by atoms with Gasteiger partial charge in [-0.2, -0.15) is 0 Å². The summed E-state index contributed by atoms with van der Waals surface area (Å²) in [5, 5.41) is 14.6. The Morgan fingerprint density at radius 1 is 1.55 bits per heavy atom. The van der Waals surface area contributed by atoms with Gasteiger partial charge in [0.25, 0.3) is 0 Å². The fourth-order valence-electron chi connectivity index (χ4n) is 2.37. The Labute approximate surface area is 122 Å². The number of halogens is 1. The van der Waals surface area contributed by atoms with Gasteiger partial charge in [-0.1, -0.05) is 18.5 Å². The van der Waals surface area contributed by atoms with Crippen LogP contribution in [0.25, 0.3) is 0 Å². The molecule has 3 atom stereocenters. The largest absolute Gasteiger partial charge is 0.481 e. The van der Waals surface area contributed by atoms with Gasteiger partial charge in [-0.15, -0.1) is 0 Å². The van der Waals surface area contributed by atoms with Crippen LogP contribution in [0.2, 0.25) is 5.02 Å². The number of nitrogens with zero attached hydrogens (tertiary/aromatic N) is 1. The average Bonchev–Trinajstić information content (AvgIpc) is 2.39. The number of hydrogen-bond acceptors (Lipinski definition) is 5. The van der Waals surface area contributed by atoms with Gasteiger partial charge < -0.3 is 14.8 Å². The number of rotatable bonds is 6. The van der Waals surface area contributed by atoms with E-state index in [-0.39, 0.29) is 29.7 Å². The molecule has 0 aliphatic heterocycles. The third kappa shape index (κ3) is 3.03. The molecule has 1 saturated carbocycles. The monoisotopic (exact) mass is 300 g/mol. The van der Waals surface area contributed by atoms with Crippen LogP contribution < -0.4 is 10.1 Å². The van der Waals surface area contributed by atoms with Crippen LogP contribution >= 0.6 is 11.6 Å². The molecule has 0 radical (unpaired) electrons. The summed E-state index contributed by atoms with van der Waals surface area (Å²) in [7, 11) is 1.61. The number of likely N-dealkylation sites (N-methyl/N-ethyl adjacent to an activating group) is 1. The molecular formula is C13H17ClN2O4. The van der Waals surface area contributed by atoms with Gasteiger partial charge in [-0.05, 0) is 18.7 Å². The van der Waals surface area contributed by atoms with Crippen LogP contribution in [0.5, 0.6) is 5.75 Å². The van der Waals surface area contributed by atoms with Gasteiger partial charge >= 0.3 is 5.69 Å². The molecular weight excluding hydrogens is 284 g/mol. The van der Waals surface area contributed by atoms with Crippen LogP contribution in [0.1, 0.15) is 13.3 Å². The fraction of sp³-hybridized carbons (Fsp3) is 0.538. The summed E-state index contributed by atoms with van der Waals surface area (Å²) < 4.78 is 11.1. The average molecular weight is 301 g/mol. The number of nitro benzene ring substituents is 1. The van der Waals surface area contributed by atoms with Crippen LogP contribution in [0, 0.1) is 10.1 Å². The molecule has 0 spiro atoms. The summed E-state index contributed by atoms with van der Waals surface area (Å²) in [5.41, 5.74) is -0.126. The smallest absolute Gasteiger partial charge is 0.312 e. The van der Waals surface area contributed by atoms with Crippen molar-refractivity contribution in [3.05, 3.63) is 33.3 Å². The van der Waals surface area contributed by atoms with E-state index >= 15 is 0 Å². The molecule has 0 amide bonds. The molecule has 0 saturated heterocycles. The van der Waals surface area contributed by atoms with Gasteiger partial charge in [0.15, 0.2) is 5.75 Å². The van der Waals surface area contributed by atoms with Crippen molar-refractivity contribution in [3.63, 3.8) is 0 Å². The highest BCUT2D eigenvalue weighted by Gasteiger charge is 2.43. The predicted molar refractivity (Wildman–Crippen MR) is 75.4 cm³/mol. The Morgan fingerprint density at radius 2 is 2.30 bits per heavy atom. The number of methoxy groups -OCH3 is 1. The Balaban J connectivity index is 2.09. The first-order chi connectivity index (χ1) is 9.56. The van der Waals surface area contributed by atoms with Gasteiger partial charge in [0.2, 0.25) is 0 Å². The molecule has 110 valence electrons. The summed E-state index contributed by atoms with van der Waals surface area (Å²) in [6.07, 6.45) is 0.459. The zero-order chi connectivity index (χ0) is 14.7. The van der Waals surface area contributed by atoms with Crippen molar-refractivity contribution in [1.82, 2.24) is 5.32 Å². The van der Waals surface area contributed by atoms with Crippen molar-refractivity contribution in [2.75, 3.05) is 13.7 Å². The van der Waals surface area contributed by atoms with E-state index in [0.29, 0.717) is 5.02 Å². The molecule has 2 rings (SSSR count). The highest BCUT2D eigenvalue weighted by atomic mass is 35.5. The molecule has 20 heavy (non-hydrogen) atoms. The zero-order valence-electron chi connectivity index (χ0n) is 11.3. The van der Waals surface area contributed by atoms with Crippen LogP contribution in [-0.2, 0) is 4.74 Å². The lowest BCUT2D eigenvalue weighted by molar-refractivity contribution is -0.386. The van der Waals surface area contributed by atoms with Gasteiger partial charge in [0, 0.05) is 30.7 Å². The Kier molecular flexibility index (Phi) is 4.80. The van der Waals surface area contributed by atoms with E-state index in [0.717, 1.165) is 13.0 Å². The minimum absolute atomic E-state index is 0.106. The van der Waals surface area contributed by atoms with Crippen molar-refractivity contribution >= 4 is 17.3 Å². The van der Waals surface area contributed by atoms with E-state index in [9.17, 15) is 10.1 Å². The third-order valence-corrected chi connectivity index (χ3v) is 3.62. The molecule has 1 N–H and O–H groups in total. The molecule has 1 aromatic rings. The van der Waals surface area contributed by atoms with Crippen LogP contribution in [0.4, 0.5) is 5.69 Å². The fourth-order valence-corrected chi connectivity index (χ4v) is 2.54. The molecule has 1 aliphatic carbocycles. The molecule has 6 nitrogen and oxygen atoms in total. The molecule has 0 heterocycles. The molecule has 1 aromatic carbocycles. The van der Waals surface area contributed by atoms with E-state index in [4.69, 9.17) is 21.1 Å². The van der Waals surface area contributed by atoms with E-state index in [2.05, 4.69) is 5.32 Å². The van der Waals surface area contributed by atoms with Crippen molar-refractivity contribution in [1.29, 1.82) is 0 Å². The summed E-state index contributed by atoms with van der Waals surface area (Å²) >= 11 is 5.77. The topological polar surface area (TPSA) is 73.6 Å². The van der Waals surface area contributed by atoms with Crippen molar-refractivity contribution in [2.24, 2.45) is 0 Å². The van der Waals surface area contributed by atoms with Crippen molar-refractivity contribution in [3.8, 4) is 5.75 Å². The van der Waals surface area contributed by atoms with E-state index in [1.807, 2.05) is 6.92 Å². The van der Waals surface area contributed by atoms with Gasteiger partial charge in [0.05, 0.1) is 4.92 Å². The van der Waals surface area contributed by atoms with Gasteiger partial charge in [-0.25, -0.2) is 0 Å². The van der Waals surface area contributed by atoms with Crippen LogP contribution in [-0.4, -0.2) is 36.8 Å². The normalized spacial score (nSPS) is 25.1. The summed E-state index contributed by atoms with van der Waals surface area (Å²) in [5.74, 6) is 0.224. The van der Waals surface area contributed by atoms with Crippen LogP contribution in [0.15, 0.2) is 18.2 Å². The molecule has 1 fully saturated rings. The minimum atomic E-state index is -0.497. The standard InChI is InChI=1S/C13H17ClN2O4/c1-3-15-9-7-12(13(9)19-2)20-11-5-4-8(14)6-10(11)16(17)18/h4-6,9,12-13,15H,3,7H2,1-2H3. The number of hydrogen-bond donors (Lipinski definition) is 1. The first-order valence-corrected chi connectivity index (χ1v) is 6.81. The zero-order valence-corrected chi connectivity index (χ0v) is 12.1. The lowest BCUT2D eigenvalue weighted by Crippen LogP contribution is -2.60. The molecule has 0 aromatic heterocycles. The maximum atomic E-state index is 11.0. The van der Waals surface area contributed by atoms with E-state index < -0.39 is 4.92 Å². The molecule has 1 aliphatic rings. The lowest BCUT2D eigenvalue weighted by Gasteiger charge is -2.43. The number of nitrogens with one attached hydrogen (secondary N) is 1. The lowest BCUT2D eigenvalue weighted by atomic mass is 9.85. The SMILES string of the molecule is CCNC1CC(Oc2ccc(Cl)cc2[N+](=O)[O-])C1OC. The van der Waals surface area contributed by atoms with E-state index in [1.165, 1.54) is 12.1 Å². The van der Waals surface area contributed by atoms with Crippen molar-refractivity contribution < 1.29 is 14.4 Å². The summed E-state index contributed by atoms with van der Waals surface area (Å²) in [6, 6.07) is 4.61. The number of ether oxygens (including phenoxy) is 2. The second kappa shape index (κ2) is 6.39. The maximum absolute atomic E-state index is 11.0. The minimum Gasteiger partial charge on any atom is -0.481 e. The van der Waals surface area contributed by atoms with Crippen LogP contribution in [0.3, 0.4) is 0 Å². The molecule has 0 bridgehead atoms. The summed E-state index contributed by atoms with van der Waals surface area (Å²) in [4.78, 5) is 10.5. The van der Waals surface area contributed by atoms with Crippen molar-refractivity contribution in [2.45, 2.75) is 31.6 Å². The quantitative estimate of drug-likeness (QED) is 0.645. The highest BCUT2D eigenvalue weighted by Crippen LogP contribution is 2.35. The Bertz CT molecular complexity index is 497. The third-order valence-electron chi connectivity index (χ3n) is 3.38. The van der Waals surface area contributed by atoms with E-state index in [1.54, 1.807) is 13.2 Å². The Hall–Kier alpha value is -1.37. The number of nitro groups is 1. The first kappa shape index (κ1) is 15.0. The molecule has 7 heteroatoms. The summed E-state index contributed by atoms with van der Waals surface area (Å²) in [6.45, 7) is 2.86. The van der Waals surface area contributed by atoms with Gasteiger partial charge in [-0.3, -0.25) is 10.1 Å². The molecule has 3 unspecified atom stereocenters. The predicted octanol–water partition coefficient (Wildman–Crippen LogP) is 2.39. The first-order valence-electron chi connectivity index (χ1n) is 6.43. The Morgan fingerprint density at radius 3 is 2.90 bits per heavy atom. The van der Waals surface area contributed by atoms with Gasteiger partial charge in [0.1, 0.15) is 12.2 Å². The number of benzene rings is 1. The second-order valence-electron chi connectivity index (χ2n) is 4.63.